The zero-order chi connectivity index (χ0) is 14.0. The minimum Gasteiger partial charge on any atom is -0.398 e. The van der Waals surface area contributed by atoms with E-state index in [0.717, 1.165) is 25.9 Å². The van der Waals surface area contributed by atoms with Crippen LogP contribution >= 0.6 is 15.9 Å². The first kappa shape index (κ1) is 14.3. The van der Waals surface area contributed by atoms with Gasteiger partial charge in [0.05, 0.1) is 10.0 Å². The van der Waals surface area contributed by atoms with Crippen LogP contribution in [0.2, 0.25) is 0 Å². The molecule has 2 rings (SSSR count). The van der Waals surface area contributed by atoms with Crippen molar-refractivity contribution < 1.29 is 4.79 Å². The predicted molar refractivity (Wildman–Crippen MR) is 81.2 cm³/mol. The Morgan fingerprint density at radius 1 is 1.53 bits per heavy atom. The van der Waals surface area contributed by atoms with Crippen LogP contribution in [0.4, 0.5) is 5.69 Å². The Labute approximate surface area is 122 Å². The Hall–Kier alpha value is -1.07. The van der Waals surface area contributed by atoms with Gasteiger partial charge in [0.1, 0.15) is 0 Å². The Morgan fingerprint density at radius 2 is 2.26 bits per heavy atom. The maximum Gasteiger partial charge on any atom is 0.255 e. The van der Waals surface area contributed by atoms with Crippen LogP contribution < -0.4 is 5.73 Å². The topological polar surface area (TPSA) is 49.6 Å². The summed E-state index contributed by atoms with van der Waals surface area (Å²) < 4.78 is 0.704. The molecule has 1 amide bonds. The van der Waals surface area contributed by atoms with Gasteiger partial charge in [0.2, 0.25) is 0 Å². The van der Waals surface area contributed by atoms with Crippen molar-refractivity contribution in [3.63, 3.8) is 0 Å². The van der Waals surface area contributed by atoms with E-state index >= 15 is 0 Å². The van der Waals surface area contributed by atoms with Gasteiger partial charge in [-0.05, 0) is 55.0 Å². The normalized spacial score (nSPS) is 19.2. The van der Waals surface area contributed by atoms with Crippen molar-refractivity contribution in [2.24, 2.45) is 0 Å². The number of nitrogens with two attached hydrogens (primary N) is 1. The van der Waals surface area contributed by atoms with Crippen molar-refractivity contribution in [3.05, 3.63) is 28.2 Å². The van der Waals surface area contributed by atoms with Crippen LogP contribution in [0, 0.1) is 0 Å². The van der Waals surface area contributed by atoms with E-state index in [2.05, 4.69) is 20.8 Å². The molecule has 0 aromatic heterocycles. The molecule has 1 heterocycles. The third kappa shape index (κ3) is 3.09. The van der Waals surface area contributed by atoms with Crippen LogP contribution in [0.25, 0.3) is 0 Å². The van der Waals surface area contributed by atoms with Crippen LogP contribution in [-0.4, -0.2) is 48.9 Å². The third-order valence-corrected chi connectivity index (χ3v) is 4.36. The Morgan fingerprint density at radius 3 is 2.95 bits per heavy atom. The summed E-state index contributed by atoms with van der Waals surface area (Å²) in [6, 6.07) is 5.75. The zero-order valence-electron chi connectivity index (χ0n) is 11.4. The zero-order valence-corrected chi connectivity index (χ0v) is 13.0. The van der Waals surface area contributed by atoms with Gasteiger partial charge in [-0.3, -0.25) is 4.79 Å². The molecule has 0 aliphatic carbocycles. The summed E-state index contributed by atoms with van der Waals surface area (Å²) in [5, 5.41) is 0. The summed E-state index contributed by atoms with van der Waals surface area (Å²) in [6.07, 6.45) is 2.15. The maximum absolute atomic E-state index is 12.6. The van der Waals surface area contributed by atoms with Crippen molar-refractivity contribution in [2.45, 2.75) is 18.9 Å². The highest BCUT2D eigenvalue weighted by molar-refractivity contribution is 9.10. The number of rotatable bonds is 3. The van der Waals surface area contributed by atoms with E-state index in [1.54, 1.807) is 6.07 Å². The second kappa shape index (κ2) is 5.92. The Bertz CT molecular complexity index is 476. The fourth-order valence-electron chi connectivity index (χ4n) is 2.58. The average molecular weight is 326 g/mol. The number of nitrogen functional groups attached to an aromatic ring is 1. The lowest BCUT2D eigenvalue weighted by molar-refractivity contribution is 0.0715. The van der Waals surface area contributed by atoms with Gasteiger partial charge in [-0.2, -0.15) is 0 Å². The maximum atomic E-state index is 12.6. The monoisotopic (exact) mass is 325 g/mol. The Balaban J connectivity index is 2.21. The summed E-state index contributed by atoms with van der Waals surface area (Å²) in [5.74, 6) is 0.0727. The third-order valence-electron chi connectivity index (χ3n) is 3.47. The molecular weight excluding hydrogens is 306 g/mol. The molecule has 104 valence electrons. The molecule has 1 fully saturated rings. The summed E-state index contributed by atoms with van der Waals surface area (Å²) in [7, 11) is 4.08. The van der Waals surface area contributed by atoms with Crippen molar-refractivity contribution >= 4 is 27.5 Å². The van der Waals surface area contributed by atoms with Gasteiger partial charge in [-0.25, -0.2) is 0 Å². The molecule has 5 heteroatoms. The summed E-state index contributed by atoms with van der Waals surface area (Å²) in [6.45, 7) is 1.74. The van der Waals surface area contributed by atoms with Crippen LogP contribution in [0.1, 0.15) is 23.2 Å². The highest BCUT2D eigenvalue weighted by Gasteiger charge is 2.30. The first-order valence-corrected chi connectivity index (χ1v) is 7.29. The van der Waals surface area contributed by atoms with Gasteiger partial charge in [0.25, 0.3) is 5.91 Å². The molecular formula is C14H20BrN3O. The number of carbonyl (C=O) groups excluding carboxylic acids is 1. The smallest absolute Gasteiger partial charge is 0.255 e. The second-order valence-corrected chi connectivity index (χ2v) is 6.06. The molecule has 1 aromatic rings. The Kier molecular flexibility index (Phi) is 4.47. The van der Waals surface area contributed by atoms with E-state index in [4.69, 9.17) is 5.73 Å². The molecule has 0 bridgehead atoms. The first-order valence-electron chi connectivity index (χ1n) is 6.50. The van der Waals surface area contributed by atoms with E-state index in [1.807, 2.05) is 31.1 Å². The minimum absolute atomic E-state index is 0.0727. The number of hydrogen-bond acceptors (Lipinski definition) is 3. The van der Waals surface area contributed by atoms with Crippen LogP contribution in [0.15, 0.2) is 22.7 Å². The van der Waals surface area contributed by atoms with Crippen LogP contribution in [-0.2, 0) is 0 Å². The van der Waals surface area contributed by atoms with Gasteiger partial charge in [-0.1, -0.05) is 6.07 Å². The SMILES string of the molecule is CN(C)CC1CCCN1C(=O)c1cccc(N)c1Br. The minimum atomic E-state index is 0.0727. The molecule has 1 aliphatic rings. The molecule has 1 atom stereocenters. The summed E-state index contributed by atoms with van der Waals surface area (Å²) in [4.78, 5) is 16.7. The standard InChI is InChI=1S/C14H20BrN3O/c1-17(2)9-10-5-4-8-18(10)14(19)11-6-3-7-12(16)13(11)15/h3,6-7,10H,4-5,8-9,16H2,1-2H3. The summed E-state index contributed by atoms with van der Waals surface area (Å²) in [5.41, 5.74) is 7.11. The van der Waals surface area contributed by atoms with Crippen molar-refractivity contribution in [3.8, 4) is 0 Å². The lowest BCUT2D eigenvalue weighted by Crippen LogP contribution is -2.41. The largest absolute Gasteiger partial charge is 0.398 e. The number of likely N-dealkylation sites (N-methyl/N-ethyl adjacent to an activating group) is 1. The quantitative estimate of drug-likeness (QED) is 0.867. The molecule has 1 saturated heterocycles. The van der Waals surface area contributed by atoms with E-state index in [0.29, 0.717) is 21.8 Å². The highest BCUT2D eigenvalue weighted by Crippen LogP contribution is 2.28. The fourth-order valence-corrected chi connectivity index (χ4v) is 3.02. The van der Waals surface area contributed by atoms with Gasteiger partial charge >= 0.3 is 0 Å². The van der Waals surface area contributed by atoms with Crippen LogP contribution in [0.3, 0.4) is 0 Å². The molecule has 2 N–H and O–H groups in total. The van der Waals surface area contributed by atoms with E-state index in [9.17, 15) is 4.79 Å². The van der Waals surface area contributed by atoms with Gasteiger partial charge in [0, 0.05) is 24.8 Å². The number of anilines is 1. The molecule has 0 saturated carbocycles. The fraction of sp³-hybridized carbons (Fsp3) is 0.500. The number of halogens is 1. The average Bonchev–Trinajstić information content (AvgIpc) is 2.79. The first-order chi connectivity index (χ1) is 9.00. The van der Waals surface area contributed by atoms with Gasteiger partial charge in [-0.15, -0.1) is 0 Å². The highest BCUT2D eigenvalue weighted by atomic mass is 79.9. The predicted octanol–water partition coefficient (Wildman–Crippen LogP) is 2.20. The second-order valence-electron chi connectivity index (χ2n) is 5.27. The molecule has 0 spiro atoms. The van der Waals surface area contributed by atoms with Crippen LogP contribution in [0.5, 0.6) is 0 Å². The lowest BCUT2D eigenvalue weighted by Gasteiger charge is -2.27. The van der Waals surface area contributed by atoms with Gasteiger partial charge < -0.3 is 15.5 Å². The molecule has 1 unspecified atom stereocenters. The lowest BCUT2D eigenvalue weighted by atomic mass is 10.1. The van der Waals surface area contributed by atoms with Crippen molar-refractivity contribution in [2.75, 3.05) is 32.9 Å². The number of nitrogens with zero attached hydrogens (tertiary/aromatic N) is 2. The number of benzene rings is 1. The van der Waals surface area contributed by atoms with E-state index in [-0.39, 0.29) is 5.91 Å². The van der Waals surface area contributed by atoms with E-state index < -0.39 is 0 Å². The number of likely N-dealkylation sites (tertiary alicyclic amines) is 1. The van der Waals surface area contributed by atoms with Crippen molar-refractivity contribution in [1.29, 1.82) is 0 Å². The van der Waals surface area contributed by atoms with Gasteiger partial charge in [0.15, 0.2) is 0 Å². The molecule has 1 aliphatic heterocycles. The number of amides is 1. The van der Waals surface area contributed by atoms with E-state index in [1.165, 1.54) is 0 Å². The number of carbonyl (C=O) groups is 1. The summed E-state index contributed by atoms with van der Waals surface area (Å²) >= 11 is 3.42. The molecule has 0 radical (unpaired) electrons. The molecule has 4 nitrogen and oxygen atoms in total. The number of hydrogen-bond donors (Lipinski definition) is 1. The van der Waals surface area contributed by atoms with Crippen molar-refractivity contribution in [1.82, 2.24) is 9.80 Å². The molecule has 1 aromatic carbocycles. The molecule has 19 heavy (non-hydrogen) atoms.